The highest BCUT2D eigenvalue weighted by atomic mass is 14.6. The van der Waals surface area contributed by atoms with E-state index in [0.717, 1.165) is 31.4 Å². The molecule has 0 rings (SSSR count). The van der Waals surface area contributed by atoms with E-state index in [1.165, 1.54) is 5.57 Å². The Morgan fingerprint density at radius 1 is 1.00 bits per heavy atom. The number of allylic oxidation sites excluding steroid dienone is 4. The van der Waals surface area contributed by atoms with Crippen LogP contribution in [0.5, 0.6) is 0 Å². The van der Waals surface area contributed by atoms with Crippen LogP contribution in [0.4, 0.5) is 0 Å². The van der Waals surface area contributed by atoms with Crippen molar-refractivity contribution in [2.75, 3.05) is 0 Å². The average molecular weight is 167 g/mol. The van der Waals surface area contributed by atoms with E-state index < -0.39 is 0 Å². The summed E-state index contributed by atoms with van der Waals surface area (Å²) in [5.74, 6) is 0. The van der Waals surface area contributed by atoms with E-state index in [1.54, 1.807) is 0 Å². The molecule has 70 valence electrons. The van der Waals surface area contributed by atoms with E-state index >= 15 is 0 Å². The van der Waals surface area contributed by atoms with Gasteiger partial charge in [-0.1, -0.05) is 38.5 Å². The van der Waals surface area contributed by atoms with Gasteiger partial charge in [-0.05, 0) is 25.7 Å². The van der Waals surface area contributed by atoms with E-state index in [2.05, 4.69) is 32.9 Å². The predicted molar refractivity (Wildman–Crippen MR) is 55.8 cm³/mol. The van der Waals surface area contributed by atoms with Crippen molar-refractivity contribution >= 4 is 0 Å². The molecule has 0 heterocycles. The van der Waals surface area contributed by atoms with Gasteiger partial charge in [0.2, 0.25) is 0 Å². The Kier molecular flexibility index (Phi) is 6.54. The molecule has 0 aliphatic carbocycles. The second-order valence-corrected chi connectivity index (χ2v) is 2.94. The van der Waals surface area contributed by atoms with E-state index in [1.807, 2.05) is 0 Å². The summed E-state index contributed by atoms with van der Waals surface area (Å²) < 4.78 is 0. The zero-order valence-electron chi connectivity index (χ0n) is 8.56. The van der Waals surface area contributed by atoms with Crippen LogP contribution in [0.25, 0.3) is 0 Å². The molecule has 0 aromatic rings. The molecular formula is C11H21N. The van der Waals surface area contributed by atoms with Gasteiger partial charge in [0.1, 0.15) is 0 Å². The first-order valence-corrected chi connectivity index (χ1v) is 4.86. The van der Waals surface area contributed by atoms with Crippen LogP contribution in [0.15, 0.2) is 23.4 Å². The van der Waals surface area contributed by atoms with E-state index in [4.69, 9.17) is 5.73 Å². The number of hydrogen-bond donors (Lipinski definition) is 1. The Labute approximate surface area is 76.3 Å². The summed E-state index contributed by atoms with van der Waals surface area (Å²) in [6.45, 7) is 6.47. The lowest BCUT2D eigenvalue weighted by atomic mass is 10.1. The SMILES string of the molecule is CCC(=CC/C=C(/N)CC)CC. The van der Waals surface area contributed by atoms with Crippen LogP contribution in [0.3, 0.4) is 0 Å². The minimum Gasteiger partial charge on any atom is -0.402 e. The van der Waals surface area contributed by atoms with Crippen molar-refractivity contribution in [2.24, 2.45) is 5.73 Å². The van der Waals surface area contributed by atoms with Gasteiger partial charge in [-0.3, -0.25) is 0 Å². The largest absolute Gasteiger partial charge is 0.402 e. The lowest BCUT2D eigenvalue weighted by molar-refractivity contribution is 0.960. The van der Waals surface area contributed by atoms with Crippen molar-refractivity contribution in [2.45, 2.75) is 46.5 Å². The van der Waals surface area contributed by atoms with Gasteiger partial charge >= 0.3 is 0 Å². The van der Waals surface area contributed by atoms with Crippen molar-refractivity contribution in [3.8, 4) is 0 Å². The number of hydrogen-bond acceptors (Lipinski definition) is 1. The van der Waals surface area contributed by atoms with Crippen molar-refractivity contribution in [1.82, 2.24) is 0 Å². The summed E-state index contributed by atoms with van der Waals surface area (Å²) in [5, 5.41) is 0. The van der Waals surface area contributed by atoms with Gasteiger partial charge in [-0.2, -0.15) is 0 Å². The molecule has 0 aromatic carbocycles. The van der Waals surface area contributed by atoms with Gasteiger partial charge in [0.05, 0.1) is 0 Å². The molecular weight excluding hydrogens is 146 g/mol. The zero-order chi connectivity index (χ0) is 9.40. The zero-order valence-corrected chi connectivity index (χ0v) is 8.56. The summed E-state index contributed by atoms with van der Waals surface area (Å²) in [5.41, 5.74) is 8.20. The number of rotatable bonds is 5. The first-order chi connectivity index (χ1) is 5.74. The standard InChI is InChI=1S/C11H21N/c1-4-10(5-2)8-7-9-11(12)6-3/h8-9H,4-7,12H2,1-3H3/b11-9+. The second-order valence-electron chi connectivity index (χ2n) is 2.94. The molecule has 0 saturated heterocycles. The van der Waals surface area contributed by atoms with E-state index in [9.17, 15) is 0 Å². The molecule has 0 spiro atoms. The van der Waals surface area contributed by atoms with E-state index in [0.29, 0.717) is 0 Å². The van der Waals surface area contributed by atoms with Crippen LogP contribution in [0.2, 0.25) is 0 Å². The van der Waals surface area contributed by atoms with Gasteiger partial charge in [0.15, 0.2) is 0 Å². The van der Waals surface area contributed by atoms with Crippen LogP contribution in [0.1, 0.15) is 46.5 Å². The molecule has 0 bridgehead atoms. The maximum Gasteiger partial charge on any atom is 0.00403 e. The summed E-state index contributed by atoms with van der Waals surface area (Å²) in [4.78, 5) is 0. The molecule has 0 amide bonds. The molecule has 0 radical (unpaired) electrons. The molecule has 12 heavy (non-hydrogen) atoms. The van der Waals surface area contributed by atoms with Crippen LogP contribution >= 0.6 is 0 Å². The second kappa shape index (κ2) is 6.96. The molecule has 0 saturated carbocycles. The smallest absolute Gasteiger partial charge is 0.00403 e. The normalized spacial score (nSPS) is 11.4. The highest BCUT2D eigenvalue weighted by molar-refractivity contribution is 5.06. The topological polar surface area (TPSA) is 26.0 Å². The molecule has 0 fully saturated rings. The summed E-state index contributed by atoms with van der Waals surface area (Å²) in [6, 6.07) is 0. The minimum atomic E-state index is 0.960. The quantitative estimate of drug-likeness (QED) is 0.624. The monoisotopic (exact) mass is 167 g/mol. The van der Waals surface area contributed by atoms with Gasteiger partial charge in [-0.25, -0.2) is 0 Å². The average Bonchev–Trinajstić information content (AvgIpc) is 2.12. The molecule has 1 heteroatoms. The van der Waals surface area contributed by atoms with Crippen LogP contribution in [0, 0.1) is 0 Å². The Hall–Kier alpha value is -0.720. The van der Waals surface area contributed by atoms with Gasteiger partial charge < -0.3 is 5.73 Å². The molecule has 2 N–H and O–H groups in total. The summed E-state index contributed by atoms with van der Waals surface area (Å²) >= 11 is 0. The van der Waals surface area contributed by atoms with Crippen molar-refractivity contribution in [1.29, 1.82) is 0 Å². The summed E-state index contributed by atoms with van der Waals surface area (Å²) in [7, 11) is 0. The lowest BCUT2D eigenvalue weighted by Crippen LogP contribution is -1.93. The Bertz CT molecular complexity index is 160. The Morgan fingerprint density at radius 3 is 2.00 bits per heavy atom. The third-order valence-electron chi connectivity index (χ3n) is 2.10. The van der Waals surface area contributed by atoms with Crippen LogP contribution in [-0.2, 0) is 0 Å². The molecule has 1 nitrogen and oxygen atoms in total. The lowest BCUT2D eigenvalue weighted by Gasteiger charge is -1.98. The predicted octanol–water partition coefficient (Wildman–Crippen LogP) is 3.38. The third-order valence-corrected chi connectivity index (χ3v) is 2.10. The maximum absolute atomic E-state index is 5.67. The van der Waals surface area contributed by atoms with Crippen molar-refractivity contribution < 1.29 is 0 Å². The highest BCUT2D eigenvalue weighted by Gasteiger charge is 1.88. The molecule has 0 aliphatic rings. The molecule has 0 atom stereocenters. The van der Waals surface area contributed by atoms with Gasteiger partial charge in [-0.15, -0.1) is 0 Å². The van der Waals surface area contributed by atoms with Gasteiger partial charge in [0.25, 0.3) is 0 Å². The van der Waals surface area contributed by atoms with Gasteiger partial charge in [0, 0.05) is 5.70 Å². The molecule has 0 unspecified atom stereocenters. The fraction of sp³-hybridized carbons (Fsp3) is 0.636. The maximum atomic E-state index is 5.67. The first-order valence-electron chi connectivity index (χ1n) is 4.86. The fourth-order valence-corrected chi connectivity index (χ4v) is 1.06. The first kappa shape index (κ1) is 11.3. The molecule has 0 aliphatic heterocycles. The third kappa shape index (κ3) is 5.00. The fourth-order valence-electron chi connectivity index (χ4n) is 1.06. The Morgan fingerprint density at radius 2 is 1.58 bits per heavy atom. The summed E-state index contributed by atoms with van der Waals surface area (Å²) in [6.07, 6.45) is 8.67. The van der Waals surface area contributed by atoms with Crippen molar-refractivity contribution in [3.63, 3.8) is 0 Å². The highest BCUT2D eigenvalue weighted by Crippen LogP contribution is 2.07. The Balaban J connectivity index is 3.86. The van der Waals surface area contributed by atoms with Crippen molar-refractivity contribution in [3.05, 3.63) is 23.4 Å². The number of nitrogens with two attached hydrogens (primary N) is 1. The van der Waals surface area contributed by atoms with Crippen LogP contribution in [-0.4, -0.2) is 0 Å². The van der Waals surface area contributed by atoms with E-state index in [-0.39, 0.29) is 0 Å². The molecule has 0 aromatic heterocycles. The van der Waals surface area contributed by atoms with Crippen LogP contribution < -0.4 is 5.73 Å². The minimum absolute atomic E-state index is 0.960.